The zero-order valence-corrected chi connectivity index (χ0v) is 15.7. The molecule has 0 spiro atoms. The molecule has 0 bridgehead atoms. The molecule has 0 aliphatic heterocycles. The Hall–Kier alpha value is -2.56. The van der Waals surface area contributed by atoms with Gasteiger partial charge in [-0.3, -0.25) is 4.79 Å². The fourth-order valence-corrected chi connectivity index (χ4v) is 3.03. The molecule has 1 heterocycles. The summed E-state index contributed by atoms with van der Waals surface area (Å²) in [5.74, 6) is 0.0636. The Bertz CT molecular complexity index is 804. The first kappa shape index (κ1) is 18.8. The van der Waals surface area contributed by atoms with Crippen molar-refractivity contribution in [3.05, 3.63) is 52.3 Å². The molecule has 0 saturated carbocycles. The van der Waals surface area contributed by atoms with Crippen molar-refractivity contribution in [1.82, 2.24) is 4.57 Å². The van der Waals surface area contributed by atoms with Gasteiger partial charge in [-0.05, 0) is 50.5 Å². The standard InChI is InChI=1S/C20H25NO4/c1-7-15-9-8-10-16(11-15)25-14(4)19(22)17-12(2)18(20(23)24-6)21(5)13(17)3/h8-11,14H,7H2,1-6H3. The highest BCUT2D eigenvalue weighted by Crippen LogP contribution is 2.25. The average Bonchev–Trinajstić information content (AvgIpc) is 2.83. The normalized spacial score (nSPS) is 11.9. The Morgan fingerprint density at radius 3 is 2.52 bits per heavy atom. The first-order valence-electron chi connectivity index (χ1n) is 8.35. The maximum Gasteiger partial charge on any atom is 0.354 e. The molecule has 0 aliphatic rings. The predicted molar refractivity (Wildman–Crippen MR) is 96.5 cm³/mol. The maximum absolute atomic E-state index is 12.9. The Kier molecular flexibility index (Phi) is 5.67. The highest BCUT2D eigenvalue weighted by atomic mass is 16.5. The Balaban J connectivity index is 2.32. The minimum Gasteiger partial charge on any atom is -0.483 e. The fourth-order valence-electron chi connectivity index (χ4n) is 3.03. The van der Waals surface area contributed by atoms with Crippen LogP contribution >= 0.6 is 0 Å². The molecule has 134 valence electrons. The van der Waals surface area contributed by atoms with E-state index in [2.05, 4.69) is 6.92 Å². The molecule has 0 saturated heterocycles. The Morgan fingerprint density at radius 2 is 1.92 bits per heavy atom. The number of carbonyl (C=O) groups is 2. The molecule has 25 heavy (non-hydrogen) atoms. The van der Waals surface area contributed by atoms with E-state index in [1.54, 1.807) is 25.5 Å². The molecule has 0 radical (unpaired) electrons. The smallest absolute Gasteiger partial charge is 0.354 e. The summed E-state index contributed by atoms with van der Waals surface area (Å²) >= 11 is 0. The third-order valence-corrected chi connectivity index (χ3v) is 4.54. The summed E-state index contributed by atoms with van der Waals surface area (Å²) in [7, 11) is 3.08. The second-order valence-electron chi connectivity index (χ2n) is 6.11. The van der Waals surface area contributed by atoms with Crippen molar-refractivity contribution in [1.29, 1.82) is 0 Å². The van der Waals surface area contributed by atoms with Crippen LogP contribution < -0.4 is 4.74 Å². The summed E-state index contributed by atoms with van der Waals surface area (Å²) in [4.78, 5) is 24.9. The number of aromatic nitrogens is 1. The zero-order valence-electron chi connectivity index (χ0n) is 15.7. The van der Waals surface area contributed by atoms with Crippen LogP contribution in [0.2, 0.25) is 0 Å². The molecular weight excluding hydrogens is 318 g/mol. The van der Waals surface area contributed by atoms with Crippen LogP contribution in [0.5, 0.6) is 5.75 Å². The second kappa shape index (κ2) is 7.55. The number of benzene rings is 1. The van der Waals surface area contributed by atoms with Crippen LogP contribution in [0, 0.1) is 13.8 Å². The molecular formula is C20H25NO4. The summed E-state index contributed by atoms with van der Waals surface area (Å²) in [6.07, 6.45) is 0.247. The van der Waals surface area contributed by atoms with E-state index in [0.29, 0.717) is 22.6 Å². The van der Waals surface area contributed by atoms with Gasteiger partial charge in [0.05, 0.1) is 7.11 Å². The number of hydrogen-bond acceptors (Lipinski definition) is 4. The molecule has 1 atom stereocenters. The molecule has 0 amide bonds. The summed E-state index contributed by atoms with van der Waals surface area (Å²) < 4.78 is 12.4. The van der Waals surface area contributed by atoms with E-state index in [1.807, 2.05) is 31.2 Å². The summed E-state index contributed by atoms with van der Waals surface area (Å²) in [5, 5.41) is 0. The van der Waals surface area contributed by atoms with Crippen molar-refractivity contribution in [3.63, 3.8) is 0 Å². The number of esters is 1. The van der Waals surface area contributed by atoms with Crippen LogP contribution in [0.15, 0.2) is 24.3 Å². The lowest BCUT2D eigenvalue weighted by atomic mass is 10.0. The monoisotopic (exact) mass is 343 g/mol. The number of nitrogens with zero attached hydrogens (tertiary/aromatic N) is 1. The molecule has 1 unspecified atom stereocenters. The van der Waals surface area contributed by atoms with Gasteiger partial charge >= 0.3 is 5.97 Å². The number of Topliss-reactive ketones (excluding diaryl/α,β-unsaturated/α-hetero) is 1. The molecule has 5 nitrogen and oxygen atoms in total. The summed E-state index contributed by atoms with van der Waals surface area (Å²) in [6.45, 7) is 7.37. The second-order valence-corrected chi connectivity index (χ2v) is 6.11. The first-order chi connectivity index (χ1) is 11.8. The van der Waals surface area contributed by atoms with Crippen LogP contribution in [0.4, 0.5) is 0 Å². The van der Waals surface area contributed by atoms with Crippen molar-refractivity contribution in [3.8, 4) is 5.75 Å². The molecule has 5 heteroatoms. The van der Waals surface area contributed by atoms with E-state index in [-0.39, 0.29) is 5.78 Å². The average molecular weight is 343 g/mol. The quantitative estimate of drug-likeness (QED) is 0.593. The maximum atomic E-state index is 12.9. The Labute approximate surface area is 148 Å². The van der Waals surface area contributed by atoms with Gasteiger partial charge < -0.3 is 14.0 Å². The van der Waals surface area contributed by atoms with Gasteiger partial charge in [0, 0.05) is 18.3 Å². The van der Waals surface area contributed by atoms with E-state index in [1.165, 1.54) is 7.11 Å². The van der Waals surface area contributed by atoms with Crippen LogP contribution in [0.3, 0.4) is 0 Å². The van der Waals surface area contributed by atoms with Crippen molar-refractivity contribution in [2.75, 3.05) is 7.11 Å². The molecule has 0 fully saturated rings. The van der Waals surface area contributed by atoms with Gasteiger partial charge in [-0.25, -0.2) is 4.79 Å². The lowest BCUT2D eigenvalue weighted by Gasteiger charge is -2.15. The molecule has 1 aromatic carbocycles. The largest absolute Gasteiger partial charge is 0.483 e. The van der Waals surface area contributed by atoms with Crippen LogP contribution in [-0.2, 0) is 18.2 Å². The number of ketones is 1. The summed E-state index contributed by atoms with van der Waals surface area (Å²) in [5.41, 5.74) is 3.40. The Morgan fingerprint density at radius 1 is 1.24 bits per heavy atom. The van der Waals surface area contributed by atoms with Gasteiger partial charge in [0.15, 0.2) is 6.10 Å². The fraction of sp³-hybridized carbons (Fsp3) is 0.400. The number of aryl methyl sites for hydroxylation is 1. The van der Waals surface area contributed by atoms with Gasteiger partial charge in [0.1, 0.15) is 11.4 Å². The number of carbonyl (C=O) groups excluding carboxylic acids is 2. The zero-order chi connectivity index (χ0) is 18.7. The van der Waals surface area contributed by atoms with E-state index in [4.69, 9.17) is 9.47 Å². The number of methoxy groups -OCH3 is 1. The van der Waals surface area contributed by atoms with Crippen LogP contribution in [0.25, 0.3) is 0 Å². The third kappa shape index (κ3) is 3.60. The third-order valence-electron chi connectivity index (χ3n) is 4.54. The van der Waals surface area contributed by atoms with Crippen LogP contribution in [0.1, 0.15) is 51.5 Å². The van der Waals surface area contributed by atoms with Crippen LogP contribution in [-0.4, -0.2) is 29.5 Å². The van der Waals surface area contributed by atoms with E-state index >= 15 is 0 Å². The molecule has 0 N–H and O–H groups in total. The lowest BCUT2D eigenvalue weighted by molar-refractivity contribution is 0.0588. The minimum atomic E-state index is -0.655. The summed E-state index contributed by atoms with van der Waals surface area (Å²) in [6, 6.07) is 7.72. The highest BCUT2D eigenvalue weighted by molar-refractivity contribution is 6.04. The minimum absolute atomic E-state index is 0.150. The van der Waals surface area contributed by atoms with Gasteiger partial charge in [-0.15, -0.1) is 0 Å². The number of rotatable bonds is 6. The van der Waals surface area contributed by atoms with E-state index < -0.39 is 12.1 Å². The lowest BCUT2D eigenvalue weighted by Crippen LogP contribution is -2.25. The van der Waals surface area contributed by atoms with E-state index in [0.717, 1.165) is 17.7 Å². The first-order valence-corrected chi connectivity index (χ1v) is 8.35. The molecule has 2 rings (SSSR count). The number of ether oxygens (including phenoxy) is 2. The van der Waals surface area contributed by atoms with Crippen molar-refractivity contribution in [2.45, 2.75) is 40.2 Å². The van der Waals surface area contributed by atoms with E-state index in [9.17, 15) is 9.59 Å². The van der Waals surface area contributed by atoms with Gasteiger partial charge in [0.25, 0.3) is 0 Å². The van der Waals surface area contributed by atoms with Gasteiger partial charge in [0.2, 0.25) is 5.78 Å². The predicted octanol–water partition coefficient (Wildman–Crippen LogP) is 3.64. The van der Waals surface area contributed by atoms with Crippen molar-refractivity contribution in [2.24, 2.45) is 7.05 Å². The number of hydrogen-bond donors (Lipinski definition) is 0. The highest BCUT2D eigenvalue weighted by Gasteiger charge is 2.28. The molecule has 0 aliphatic carbocycles. The van der Waals surface area contributed by atoms with Gasteiger partial charge in [-0.1, -0.05) is 19.1 Å². The molecule has 1 aromatic heterocycles. The van der Waals surface area contributed by atoms with Crippen molar-refractivity contribution < 1.29 is 19.1 Å². The van der Waals surface area contributed by atoms with Crippen molar-refractivity contribution >= 4 is 11.8 Å². The topological polar surface area (TPSA) is 57.5 Å². The molecule has 2 aromatic rings. The van der Waals surface area contributed by atoms with Gasteiger partial charge in [-0.2, -0.15) is 0 Å². The SMILES string of the molecule is CCc1cccc(OC(C)C(=O)c2c(C)c(C(=O)OC)n(C)c2C)c1.